The number of carbonyl (C=O) groups is 1. The van der Waals surface area contributed by atoms with Gasteiger partial charge in [0.25, 0.3) is 0 Å². The Labute approximate surface area is 112 Å². The van der Waals surface area contributed by atoms with Gasteiger partial charge in [0.05, 0.1) is 6.54 Å². The number of carbonyl (C=O) groups excluding carboxylic acids is 1. The van der Waals surface area contributed by atoms with Crippen molar-refractivity contribution in [3.05, 3.63) is 60.5 Å². The Kier molecular flexibility index (Phi) is 4.23. The molecule has 1 atom stereocenters. The molecule has 4 nitrogen and oxygen atoms in total. The predicted octanol–water partition coefficient (Wildman–Crippen LogP) is 3.07. The van der Waals surface area contributed by atoms with Crippen LogP contribution in [0.25, 0.3) is 0 Å². The van der Waals surface area contributed by atoms with E-state index < -0.39 is 0 Å². The second kappa shape index (κ2) is 6.09. The fourth-order valence-electron chi connectivity index (χ4n) is 1.70. The molecule has 1 aromatic carbocycles. The molecule has 0 aliphatic carbocycles. The van der Waals surface area contributed by atoms with Crippen LogP contribution >= 0.6 is 0 Å². The Balaban J connectivity index is 1.88. The summed E-state index contributed by atoms with van der Waals surface area (Å²) in [5.74, 6) is 0. The molecular weight excluding hydrogens is 242 g/mol. The van der Waals surface area contributed by atoms with Crippen molar-refractivity contribution < 1.29 is 14.3 Å². The van der Waals surface area contributed by atoms with Gasteiger partial charge in [-0.1, -0.05) is 36.9 Å². The van der Waals surface area contributed by atoms with E-state index in [4.69, 9.17) is 9.47 Å². The second-order valence-electron chi connectivity index (χ2n) is 4.45. The highest BCUT2D eigenvalue weighted by molar-refractivity contribution is 5.69. The van der Waals surface area contributed by atoms with Gasteiger partial charge in [-0.2, -0.15) is 0 Å². The summed E-state index contributed by atoms with van der Waals surface area (Å²) in [7, 11) is 0. The topological polar surface area (TPSA) is 38.8 Å². The van der Waals surface area contributed by atoms with Crippen LogP contribution in [0.5, 0.6) is 0 Å². The van der Waals surface area contributed by atoms with Crippen LogP contribution in [0.2, 0.25) is 0 Å². The number of ether oxygens (including phenoxy) is 2. The number of amides is 1. The molecule has 1 heterocycles. The summed E-state index contributed by atoms with van der Waals surface area (Å²) in [4.78, 5) is 13.4. The Bertz CT molecular complexity index is 481. The van der Waals surface area contributed by atoms with Crippen LogP contribution < -0.4 is 0 Å². The van der Waals surface area contributed by atoms with Crippen molar-refractivity contribution in [1.29, 1.82) is 0 Å². The zero-order chi connectivity index (χ0) is 13.7. The Morgan fingerprint density at radius 1 is 1.47 bits per heavy atom. The number of hydrogen-bond acceptors (Lipinski definition) is 3. The van der Waals surface area contributed by atoms with Crippen LogP contribution in [0, 0.1) is 0 Å². The molecule has 19 heavy (non-hydrogen) atoms. The summed E-state index contributed by atoms with van der Waals surface area (Å²) in [5.41, 5.74) is 1.84. The lowest BCUT2D eigenvalue weighted by atomic mass is 10.2. The van der Waals surface area contributed by atoms with Crippen molar-refractivity contribution in [2.24, 2.45) is 0 Å². The highest BCUT2D eigenvalue weighted by atomic mass is 16.6. The first-order chi connectivity index (χ1) is 9.16. The minimum atomic E-state index is -0.380. The normalized spacial score (nSPS) is 17.7. The van der Waals surface area contributed by atoms with Gasteiger partial charge in [-0.3, -0.25) is 4.90 Å². The highest BCUT2D eigenvalue weighted by Gasteiger charge is 2.22. The lowest BCUT2D eigenvalue weighted by Gasteiger charge is -2.28. The maximum absolute atomic E-state index is 11.9. The molecule has 2 rings (SSSR count). The zero-order valence-electron chi connectivity index (χ0n) is 10.9. The zero-order valence-corrected chi connectivity index (χ0v) is 10.9. The van der Waals surface area contributed by atoms with Crippen LogP contribution in [0.3, 0.4) is 0 Å². The number of rotatable bonds is 3. The van der Waals surface area contributed by atoms with Crippen molar-refractivity contribution in [2.45, 2.75) is 19.6 Å². The van der Waals surface area contributed by atoms with Crippen molar-refractivity contribution in [3.63, 3.8) is 0 Å². The first-order valence-corrected chi connectivity index (χ1v) is 6.11. The van der Waals surface area contributed by atoms with Gasteiger partial charge in [0.2, 0.25) is 0 Å². The van der Waals surface area contributed by atoms with E-state index in [0.29, 0.717) is 6.54 Å². The molecule has 0 radical (unpaired) electrons. The van der Waals surface area contributed by atoms with E-state index in [1.807, 2.05) is 37.3 Å². The molecule has 0 saturated carbocycles. The molecule has 1 amide bonds. The smallest absolute Gasteiger partial charge is 0.414 e. The summed E-state index contributed by atoms with van der Waals surface area (Å²) in [6.45, 7) is 6.40. The van der Waals surface area contributed by atoms with Crippen molar-refractivity contribution in [3.8, 4) is 0 Å². The van der Waals surface area contributed by atoms with Crippen molar-refractivity contribution in [2.75, 3.05) is 6.54 Å². The van der Waals surface area contributed by atoms with Crippen LogP contribution in [0.15, 0.2) is 54.9 Å². The minimum absolute atomic E-state index is 0.172. The van der Waals surface area contributed by atoms with Gasteiger partial charge in [-0.05, 0) is 18.1 Å². The monoisotopic (exact) mass is 259 g/mol. The number of nitrogens with zero attached hydrogens (tertiary/aromatic N) is 1. The fourth-order valence-corrected chi connectivity index (χ4v) is 1.70. The molecule has 0 unspecified atom stereocenters. The van der Waals surface area contributed by atoms with E-state index in [2.05, 4.69) is 6.58 Å². The lowest BCUT2D eigenvalue weighted by molar-refractivity contribution is 0.0738. The Morgan fingerprint density at radius 3 is 2.89 bits per heavy atom. The molecule has 0 fully saturated rings. The first-order valence-electron chi connectivity index (χ1n) is 6.11. The summed E-state index contributed by atoms with van der Waals surface area (Å²) in [6.07, 6.45) is 2.52. The SMILES string of the molecule is C=C(C)[C@H]1CN(C(=O)OCc2ccccc2)C=CO1. The van der Waals surface area contributed by atoms with Gasteiger partial charge in [0.15, 0.2) is 0 Å². The molecular formula is C15H17NO3. The highest BCUT2D eigenvalue weighted by Crippen LogP contribution is 2.14. The molecule has 1 aliphatic heterocycles. The maximum Gasteiger partial charge on any atom is 0.414 e. The van der Waals surface area contributed by atoms with Gasteiger partial charge < -0.3 is 9.47 Å². The van der Waals surface area contributed by atoms with E-state index >= 15 is 0 Å². The lowest BCUT2D eigenvalue weighted by Crippen LogP contribution is -2.37. The fraction of sp³-hybridized carbons (Fsp3) is 0.267. The molecule has 100 valence electrons. The van der Waals surface area contributed by atoms with Crippen LogP contribution in [0.1, 0.15) is 12.5 Å². The van der Waals surface area contributed by atoms with E-state index in [1.54, 1.807) is 6.20 Å². The summed E-state index contributed by atoms with van der Waals surface area (Å²) in [6, 6.07) is 9.58. The Hall–Kier alpha value is -2.23. The van der Waals surface area contributed by atoms with E-state index in [0.717, 1.165) is 11.1 Å². The quantitative estimate of drug-likeness (QED) is 0.783. The predicted molar refractivity (Wildman–Crippen MR) is 72.2 cm³/mol. The molecule has 1 aromatic rings. The third-order valence-electron chi connectivity index (χ3n) is 2.84. The van der Waals surface area contributed by atoms with Gasteiger partial charge in [0.1, 0.15) is 19.0 Å². The molecule has 1 aliphatic rings. The standard InChI is InChI=1S/C15H17NO3/c1-12(2)14-10-16(8-9-18-14)15(17)19-11-13-6-4-3-5-7-13/h3-9,14H,1,10-11H2,2H3/t14-/m1/s1. The van der Waals surface area contributed by atoms with Gasteiger partial charge >= 0.3 is 6.09 Å². The molecule has 0 spiro atoms. The average molecular weight is 259 g/mol. The second-order valence-corrected chi connectivity index (χ2v) is 4.45. The molecule has 4 heteroatoms. The van der Waals surface area contributed by atoms with E-state index in [-0.39, 0.29) is 18.8 Å². The number of benzene rings is 1. The van der Waals surface area contributed by atoms with Crippen LogP contribution in [-0.2, 0) is 16.1 Å². The van der Waals surface area contributed by atoms with Crippen LogP contribution in [0.4, 0.5) is 4.79 Å². The van der Waals surface area contributed by atoms with Gasteiger partial charge in [-0.25, -0.2) is 4.79 Å². The average Bonchev–Trinajstić information content (AvgIpc) is 2.46. The molecule has 0 saturated heterocycles. The van der Waals surface area contributed by atoms with Gasteiger partial charge in [0, 0.05) is 6.20 Å². The van der Waals surface area contributed by atoms with Crippen LogP contribution in [-0.4, -0.2) is 23.6 Å². The third-order valence-corrected chi connectivity index (χ3v) is 2.84. The summed E-state index contributed by atoms with van der Waals surface area (Å²) >= 11 is 0. The van der Waals surface area contributed by atoms with Crippen molar-refractivity contribution >= 4 is 6.09 Å². The number of hydrogen-bond donors (Lipinski definition) is 0. The van der Waals surface area contributed by atoms with E-state index in [9.17, 15) is 4.79 Å². The summed E-state index contributed by atoms with van der Waals surface area (Å²) < 4.78 is 10.6. The maximum atomic E-state index is 11.9. The van der Waals surface area contributed by atoms with Crippen molar-refractivity contribution in [1.82, 2.24) is 4.90 Å². The molecule has 0 N–H and O–H groups in total. The first kappa shape index (κ1) is 13.2. The van der Waals surface area contributed by atoms with E-state index in [1.165, 1.54) is 11.2 Å². The van der Waals surface area contributed by atoms with Gasteiger partial charge in [-0.15, -0.1) is 0 Å². The molecule has 0 bridgehead atoms. The summed E-state index contributed by atoms with van der Waals surface area (Å²) in [5, 5.41) is 0. The third kappa shape index (κ3) is 3.61. The minimum Gasteiger partial charge on any atom is -0.490 e. The molecule has 0 aromatic heterocycles. The largest absolute Gasteiger partial charge is 0.490 e. The Morgan fingerprint density at radius 2 is 2.21 bits per heavy atom.